The Morgan fingerprint density at radius 2 is 2.14 bits per heavy atom. The summed E-state index contributed by atoms with van der Waals surface area (Å²) < 4.78 is 12.4. The molecule has 4 rings (SSSR count). The van der Waals surface area contributed by atoms with E-state index in [1.54, 1.807) is 13.2 Å². The molecule has 0 saturated heterocycles. The lowest BCUT2D eigenvalue weighted by atomic mass is 10.1. The first kappa shape index (κ1) is 18.8. The Labute approximate surface area is 175 Å². The number of anilines is 1. The number of nitrogens with one attached hydrogen (secondary N) is 1. The number of methoxy groups -OCH3 is 1. The zero-order valence-corrected chi connectivity index (χ0v) is 17.5. The molecular formula is C20H17BrN4O2S. The molecule has 0 saturated carbocycles. The Bertz CT molecular complexity index is 1030. The monoisotopic (exact) mass is 456 g/mol. The predicted molar refractivity (Wildman–Crippen MR) is 114 cm³/mol. The van der Waals surface area contributed by atoms with Crippen molar-refractivity contribution in [3.05, 3.63) is 65.2 Å². The van der Waals surface area contributed by atoms with Gasteiger partial charge in [0.05, 0.1) is 11.6 Å². The molecule has 0 fully saturated rings. The van der Waals surface area contributed by atoms with Crippen molar-refractivity contribution >= 4 is 33.4 Å². The van der Waals surface area contributed by atoms with E-state index in [0.717, 1.165) is 27.0 Å². The van der Waals surface area contributed by atoms with Crippen molar-refractivity contribution in [2.24, 2.45) is 0 Å². The number of benzene rings is 2. The molecule has 28 heavy (non-hydrogen) atoms. The highest BCUT2D eigenvalue weighted by atomic mass is 79.9. The third-order valence-electron chi connectivity index (χ3n) is 4.14. The van der Waals surface area contributed by atoms with E-state index >= 15 is 0 Å². The fraction of sp³-hybridized carbons (Fsp3) is 0.150. The molecule has 1 aliphatic rings. The van der Waals surface area contributed by atoms with Gasteiger partial charge in [0.15, 0.2) is 11.9 Å². The van der Waals surface area contributed by atoms with E-state index in [9.17, 15) is 0 Å². The van der Waals surface area contributed by atoms with Crippen molar-refractivity contribution in [3.8, 4) is 22.9 Å². The van der Waals surface area contributed by atoms with Gasteiger partial charge in [0, 0.05) is 22.6 Å². The second-order valence-corrected chi connectivity index (χ2v) is 7.77. The molecule has 0 radical (unpaired) electrons. The molecule has 1 atom stereocenters. The first-order chi connectivity index (χ1) is 13.7. The first-order valence-electron chi connectivity index (χ1n) is 8.54. The van der Waals surface area contributed by atoms with Crippen LogP contribution in [-0.2, 0) is 0 Å². The average molecular weight is 457 g/mol. The highest BCUT2D eigenvalue weighted by molar-refractivity contribution is 9.10. The van der Waals surface area contributed by atoms with Crippen LogP contribution in [0.3, 0.4) is 0 Å². The summed E-state index contributed by atoms with van der Waals surface area (Å²) in [5.74, 6) is 1.89. The molecule has 1 aromatic heterocycles. The minimum atomic E-state index is -0.446. The van der Waals surface area contributed by atoms with Crippen LogP contribution >= 0.6 is 27.7 Å². The summed E-state index contributed by atoms with van der Waals surface area (Å²) >= 11 is 5.00. The molecule has 0 spiro atoms. The van der Waals surface area contributed by atoms with E-state index in [-0.39, 0.29) is 0 Å². The van der Waals surface area contributed by atoms with Gasteiger partial charge in [-0.1, -0.05) is 36.0 Å². The lowest BCUT2D eigenvalue weighted by molar-refractivity contribution is 0.225. The lowest BCUT2D eigenvalue weighted by Crippen LogP contribution is -2.17. The van der Waals surface area contributed by atoms with E-state index in [1.807, 2.05) is 42.5 Å². The Hall–Kier alpha value is -2.58. The van der Waals surface area contributed by atoms with Crippen molar-refractivity contribution in [1.29, 1.82) is 0 Å². The average Bonchev–Trinajstić information content (AvgIpc) is 2.88. The van der Waals surface area contributed by atoms with Crippen LogP contribution in [0.2, 0.25) is 0 Å². The van der Waals surface area contributed by atoms with Gasteiger partial charge in [-0.05, 0) is 40.2 Å². The van der Waals surface area contributed by atoms with Crippen LogP contribution < -0.4 is 14.8 Å². The van der Waals surface area contributed by atoms with Crippen molar-refractivity contribution in [3.63, 3.8) is 0 Å². The maximum Gasteiger partial charge on any atom is 0.247 e. The number of para-hydroxylation sites is 1. The van der Waals surface area contributed by atoms with Gasteiger partial charge < -0.3 is 14.8 Å². The third kappa shape index (κ3) is 3.70. The van der Waals surface area contributed by atoms with Gasteiger partial charge in [-0.15, -0.1) is 16.8 Å². The van der Waals surface area contributed by atoms with Crippen molar-refractivity contribution < 1.29 is 9.47 Å². The van der Waals surface area contributed by atoms with Crippen LogP contribution in [-0.4, -0.2) is 28.0 Å². The zero-order valence-electron chi connectivity index (χ0n) is 15.1. The highest BCUT2D eigenvalue weighted by Gasteiger charge is 2.26. The maximum absolute atomic E-state index is 6.25. The molecule has 2 heterocycles. The molecule has 8 heteroatoms. The lowest BCUT2D eigenvalue weighted by Gasteiger charge is -2.20. The summed E-state index contributed by atoms with van der Waals surface area (Å²) in [6.07, 6.45) is 1.35. The van der Waals surface area contributed by atoms with Crippen molar-refractivity contribution in [1.82, 2.24) is 15.2 Å². The number of hydrogen-bond donors (Lipinski definition) is 1. The van der Waals surface area contributed by atoms with Gasteiger partial charge in [-0.2, -0.15) is 4.98 Å². The number of nitrogens with zero attached hydrogens (tertiary/aromatic N) is 3. The molecule has 0 amide bonds. The summed E-state index contributed by atoms with van der Waals surface area (Å²) in [7, 11) is 1.64. The fourth-order valence-electron chi connectivity index (χ4n) is 2.84. The number of hydrogen-bond acceptors (Lipinski definition) is 7. The van der Waals surface area contributed by atoms with Crippen LogP contribution in [0, 0.1) is 0 Å². The summed E-state index contributed by atoms with van der Waals surface area (Å²) in [5, 5.41) is 12.6. The minimum absolute atomic E-state index is 0.441. The molecule has 1 N–H and O–H groups in total. The number of aromatic nitrogens is 3. The predicted octanol–water partition coefficient (Wildman–Crippen LogP) is 5.09. The number of thioether (sulfide) groups is 1. The normalized spacial score (nSPS) is 14.7. The minimum Gasteiger partial charge on any atom is -0.496 e. The largest absolute Gasteiger partial charge is 0.496 e. The molecule has 6 nitrogen and oxygen atoms in total. The van der Waals surface area contributed by atoms with Gasteiger partial charge in [0.25, 0.3) is 0 Å². The van der Waals surface area contributed by atoms with Gasteiger partial charge in [0.2, 0.25) is 11.0 Å². The summed E-state index contributed by atoms with van der Waals surface area (Å²) in [6, 6.07) is 13.7. The SMILES string of the molecule is C=CCSc1nnc2c(n1)OC(c1ccc(OC)c(Br)c1)Nc1ccccc1-2. The summed E-state index contributed by atoms with van der Waals surface area (Å²) in [5.41, 5.74) is 3.34. The van der Waals surface area contributed by atoms with Crippen LogP contribution in [0.1, 0.15) is 11.8 Å². The summed E-state index contributed by atoms with van der Waals surface area (Å²) in [6.45, 7) is 3.73. The van der Waals surface area contributed by atoms with Crippen LogP contribution in [0.4, 0.5) is 5.69 Å². The number of ether oxygens (including phenoxy) is 2. The zero-order chi connectivity index (χ0) is 19.5. The maximum atomic E-state index is 6.25. The molecule has 142 valence electrons. The van der Waals surface area contributed by atoms with Crippen LogP contribution in [0.25, 0.3) is 11.3 Å². The van der Waals surface area contributed by atoms with Crippen LogP contribution in [0.5, 0.6) is 11.6 Å². The Morgan fingerprint density at radius 3 is 2.93 bits per heavy atom. The topological polar surface area (TPSA) is 69.2 Å². The Morgan fingerprint density at radius 1 is 1.29 bits per heavy atom. The van der Waals surface area contributed by atoms with Gasteiger partial charge in [-0.3, -0.25) is 0 Å². The molecule has 1 aliphatic heterocycles. The molecule has 3 aromatic rings. The Kier molecular flexibility index (Phi) is 5.50. The second-order valence-electron chi connectivity index (χ2n) is 5.93. The van der Waals surface area contributed by atoms with Crippen molar-refractivity contribution in [2.75, 3.05) is 18.2 Å². The van der Waals surface area contributed by atoms with Gasteiger partial charge in [-0.25, -0.2) is 0 Å². The van der Waals surface area contributed by atoms with E-state index in [1.165, 1.54) is 11.8 Å². The van der Waals surface area contributed by atoms with E-state index in [0.29, 0.717) is 22.5 Å². The van der Waals surface area contributed by atoms with E-state index in [4.69, 9.17) is 9.47 Å². The first-order valence-corrected chi connectivity index (χ1v) is 10.3. The van der Waals surface area contributed by atoms with Gasteiger partial charge >= 0.3 is 0 Å². The standard InChI is InChI=1S/C20H17BrN4O2S/c1-3-10-28-20-23-19-17(24-25-20)13-6-4-5-7-15(13)22-18(27-19)12-8-9-16(26-2)14(21)11-12/h3-9,11,18,22H,1,10H2,2H3. The van der Waals surface area contributed by atoms with E-state index in [2.05, 4.69) is 43.0 Å². The van der Waals surface area contributed by atoms with E-state index < -0.39 is 6.23 Å². The molecule has 0 bridgehead atoms. The Balaban J connectivity index is 1.78. The molecule has 0 aliphatic carbocycles. The number of halogens is 1. The third-order valence-corrected chi connectivity index (χ3v) is 5.60. The fourth-order valence-corrected chi connectivity index (χ4v) is 3.91. The number of fused-ring (bicyclic) bond motifs is 3. The highest BCUT2D eigenvalue weighted by Crippen LogP contribution is 2.40. The number of rotatable bonds is 5. The quantitative estimate of drug-likeness (QED) is 0.423. The second kappa shape index (κ2) is 8.20. The molecule has 2 aromatic carbocycles. The molecular weight excluding hydrogens is 440 g/mol. The van der Waals surface area contributed by atoms with Crippen LogP contribution in [0.15, 0.2) is 64.7 Å². The van der Waals surface area contributed by atoms with Gasteiger partial charge in [0.1, 0.15) is 5.75 Å². The molecule has 1 unspecified atom stereocenters. The van der Waals surface area contributed by atoms with Crippen molar-refractivity contribution in [2.45, 2.75) is 11.4 Å². The summed E-state index contributed by atoms with van der Waals surface area (Å²) in [4.78, 5) is 4.58. The smallest absolute Gasteiger partial charge is 0.247 e.